The summed E-state index contributed by atoms with van der Waals surface area (Å²) >= 11 is 0. The normalized spacial score (nSPS) is 18.1. The van der Waals surface area contributed by atoms with E-state index in [2.05, 4.69) is 26.0 Å². The summed E-state index contributed by atoms with van der Waals surface area (Å²) in [6, 6.07) is 8.29. The molecule has 0 aliphatic carbocycles. The van der Waals surface area contributed by atoms with Crippen molar-refractivity contribution >= 4 is 11.8 Å². The van der Waals surface area contributed by atoms with Crippen LogP contribution in [0.15, 0.2) is 24.3 Å². The van der Waals surface area contributed by atoms with Crippen LogP contribution in [0.1, 0.15) is 57.9 Å². The van der Waals surface area contributed by atoms with E-state index in [-0.39, 0.29) is 12.2 Å². The molecule has 0 N–H and O–H groups in total. The van der Waals surface area contributed by atoms with E-state index < -0.39 is 0 Å². The second-order valence-corrected chi connectivity index (χ2v) is 5.88. The van der Waals surface area contributed by atoms with Crippen LogP contribution in [0.4, 0.5) is 10.5 Å². The van der Waals surface area contributed by atoms with E-state index in [9.17, 15) is 4.79 Å². The molecule has 116 valence electrons. The van der Waals surface area contributed by atoms with Gasteiger partial charge in [-0.2, -0.15) is 0 Å². The van der Waals surface area contributed by atoms with Crippen LogP contribution < -0.4 is 4.90 Å². The maximum Gasteiger partial charge on any atom is 0.414 e. The number of unbranched alkanes of at least 4 members (excludes halogenated alkanes) is 3. The van der Waals surface area contributed by atoms with Crippen molar-refractivity contribution in [2.24, 2.45) is 0 Å². The van der Waals surface area contributed by atoms with Gasteiger partial charge >= 0.3 is 6.09 Å². The molecule has 1 aromatic rings. The Morgan fingerprint density at radius 2 is 1.86 bits per heavy atom. The van der Waals surface area contributed by atoms with E-state index in [4.69, 9.17) is 4.74 Å². The maximum atomic E-state index is 12.0. The van der Waals surface area contributed by atoms with Crippen molar-refractivity contribution in [1.82, 2.24) is 0 Å². The number of anilines is 1. The maximum absolute atomic E-state index is 12.0. The fourth-order valence-electron chi connectivity index (χ4n) is 2.81. The monoisotopic (exact) mass is 289 g/mol. The van der Waals surface area contributed by atoms with E-state index in [1.165, 1.54) is 24.8 Å². The number of hydrogen-bond acceptors (Lipinski definition) is 2. The number of nitrogens with zero attached hydrogens (tertiary/aromatic N) is 1. The average molecular weight is 289 g/mol. The number of benzene rings is 1. The van der Waals surface area contributed by atoms with Crippen molar-refractivity contribution in [3.8, 4) is 0 Å². The lowest BCUT2D eigenvalue weighted by Gasteiger charge is -2.13. The average Bonchev–Trinajstić information content (AvgIpc) is 2.86. The second kappa shape index (κ2) is 8.06. The van der Waals surface area contributed by atoms with Crippen LogP contribution in [0.5, 0.6) is 0 Å². The zero-order chi connectivity index (χ0) is 15.1. The SMILES string of the molecule is CCCCCCC1CN(c2ccc(CCC)cc2)C(=O)O1. The molecule has 1 aromatic carbocycles. The summed E-state index contributed by atoms with van der Waals surface area (Å²) in [5.74, 6) is 0. The first kappa shape index (κ1) is 15.9. The predicted octanol–water partition coefficient (Wildman–Crippen LogP) is 4.93. The van der Waals surface area contributed by atoms with Crippen molar-refractivity contribution in [3.05, 3.63) is 29.8 Å². The van der Waals surface area contributed by atoms with Crippen LogP contribution in [0.25, 0.3) is 0 Å². The Balaban J connectivity index is 1.87. The highest BCUT2D eigenvalue weighted by atomic mass is 16.6. The van der Waals surface area contributed by atoms with E-state index in [1.807, 2.05) is 12.1 Å². The minimum absolute atomic E-state index is 0.0599. The van der Waals surface area contributed by atoms with E-state index in [0.29, 0.717) is 6.54 Å². The molecule has 0 saturated carbocycles. The molecule has 3 nitrogen and oxygen atoms in total. The molecule has 0 radical (unpaired) electrons. The van der Waals surface area contributed by atoms with Crippen LogP contribution >= 0.6 is 0 Å². The Morgan fingerprint density at radius 1 is 1.10 bits per heavy atom. The smallest absolute Gasteiger partial charge is 0.414 e. The van der Waals surface area contributed by atoms with Crippen molar-refractivity contribution < 1.29 is 9.53 Å². The molecule has 1 aliphatic rings. The lowest BCUT2D eigenvalue weighted by atomic mass is 10.1. The zero-order valence-corrected chi connectivity index (χ0v) is 13.3. The molecule has 1 unspecified atom stereocenters. The molecule has 3 heteroatoms. The quantitative estimate of drug-likeness (QED) is 0.635. The van der Waals surface area contributed by atoms with Gasteiger partial charge in [-0.05, 0) is 37.0 Å². The van der Waals surface area contributed by atoms with Gasteiger partial charge in [-0.15, -0.1) is 0 Å². The Bertz CT molecular complexity index is 441. The number of aryl methyl sites for hydroxylation is 1. The minimum Gasteiger partial charge on any atom is -0.444 e. The van der Waals surface area contributed by atoms with Crippen molar-refractivity contribution in [1.29, 1.82) is 0 Å². The van der Waals surface area contributed by atoms with Gasteiger partial charge in [-0.1, -0.05) is 51.7 Å². The lowest BCUT2D eigenvalue weighted by Crippen LogP contribution is -2.24. The highest BCUT2D eigenvalue weighted by Crippen LogP contribution is 2.24. The molecule has 0 bridgehead atoms. The molecule has 1 saturated heterocycles. The van der Waals surface area contributed by atoms with Gasteiger partial charge in [-0.25, -0.2) is 4.79 Å². The Morgan fingerprint density at radius 3 is 2.52 bits per heavy atom. The standard InChI is InChI=1S/C18H27NO2/c1-3-5-6-7-9-17-14-19(18(20)21-17)16-12-10-15(8-4-2)11-13-16/h10-13,17H,3-9,14H2,1-2H3. The first-order valence-corrected chi connectivity index (χ1v) is 8.31. The topological polar surface area (TPSA) is 29.5 Å². The molecule has 21 heavy (non-hydrogen) atoms. The summed E-state index contributed by atoms with van der Waals surface area (Å²) in [6.45, 7) is 5.08. The Kier molecular flexibility index (Phi) is 6.09. The van der Waals surface area contributed by atoms with Gasteiger partial charge in [0.2, 0.25) is 0 Å². The number of ether oxygens (including phenoxy) is 1. The molecule has 0 aromatic heterocycles. The van der Waals surface area contributed by atoms with Gasteiger partial charge in [0.15, 0.2) is 0 Å². The third-order valence-electron chi connectivity index (χ3n) is 4.04. The van der Waals surface area contributed by atoms with Gasteiger partial charge in [0.05, 0.1) is 6.54 Å². The summed E-state index contributed by atoms with van der Waals surface area (Å²) in [7, 11) is 0. The van der Waals surface area contributed by atoms with Crippen molar-refractivity contribution in [2.45, 2.75) is 64.9 Å². The fourth-order valence-corrected chi connectivity index (χ4v) is 2.81. The second-order valence-electron chi connectivity index (χ2n) is 5.88. The number of amides is 1. The van der Waals surface area contributed by atoms with Crippen molar-refractivity contribution in [3.63, 3.8) is 0 Å². The molecular weight excluding hydrogens is 262 g/mol. The zero-order valence-electron chi connectivity index (χ0n) is 13.3. The third-order valence-corrected chi connectivity index (χ3v) is 4.04. The van der Waals surface area contributed by atoms with E-state index in [0.717, 1.165) is 31.4 Å². The van der Waals surface area contributed by atoms with Gasteiger partial charge in [0.25, 0.3) is 0 Å². The third kappa shape index (κ3) is 4.48. The molecule has 1 atom stereocenters. The molecule has 1 fully saturated rings. The summed E-state index contributed by atoms with van der Waals surface area (Å²) in [5, 5.41) is 0. The fraction of sp³-hybridized carbons (Fsp3) is 0.611. The first-order valence-electron chi connectivity index (χ1n) is 8.31. The summed E-state index contributed by atoms with van der Waals surface area (Å²) in [6.07, 6.45) is 7.96. The molecular formula is C18H27NO2. The Labute approximate surface area is 128 Å². The molecule has 1 heterocycles. The van der Waals surface area contributed by atoms with Crippen LogP contribution in [-0.2, 0) is 11.2 Å². The molecule has 2 rings (SSSR count). The minimum atomic E-state index is -0.196. The molecule has 1 amide bonds. The van der Waals surface area contributed by atoms with Crippen LogP contribution in [0, 0.1) is 0 Å². The highest BCUT2D eigenvalue weighted by molar-refractivity contribution is 5.89. The summed E-state index contributed by atoms with van der Waals surface area (Å²) in [5.41, 5.74) is 2.28. The summed E-state index contributed by atoms with van der Waals surface area (Å²) in [4.78, 5) is 13.8. The first-order chi connectivity index (χ1) is 10.2. The van der Waals surface area contributed by atoms with Crippen LogP contribution in [0.3, 0.4) is 0 Å². The van der Waals surface area contributed by atoms with Crippen LogP contribution in [0.2, 0.25) is 0 Å². The summed E-state index contributed by atoms with van der Waals surface area (Å²) < 4.78 is 5.47. The van der Waals surface area contributed by atoms with Gasteiger partial charge < -0.3 is 4.74 Å². The van der Waals surface area contributed by atoms with Gasteiger partial charge in [0, 0.05) is 5.69 Å². The number of rotatable bonds is 8. The van der Waals surface area contributed by atoms with E-state index in [1.54, 1.807) is 4.90 Å². The largest absolute Gasteiger partial charge is 0.444 e. The number of carbonyl (C=O) groups is 1. The highest BCUT2D eigenvalue weighted by Gasteiger charge is 2.31. The Hall–Kier alpha value is -1.51. The van der Waals surface area contributed by atoms with Crippen LogP contribution in [-0.4, -0.2) is 18.7 Å². The number of carbonyl (C=O) groups excluding carboxylic acids is 1. The van der Waals surface area contributed by atoms with Crippen molar-refractivity contribution in [2.75, 3.05) is 11.4 Å². The molecule has 0 spiro atoms. The number of hydrogen-bond donors (Lipinski definition) is 0. The lowest BCUT2D eigenvalue weighted by molar-refractivity contribution is 0.135. The number of cyclic esters (lactones) is 1. The molecule has 1 aliphatic heterocycles. The van der Waals surface area contributed by atoms with Gasteiger partial charge in [-0.3, -0.25) is 4.90 Å². The van der Waals surface area contributed by atoms with E-state index >= 15 is 0 Å². The van der Waals surface area contributed by atoms with Gasteiger partial charge in [0.1, 0.15) is 6.10 Å². The predicted molar refractivity (Wildman–Crippen MR) is 86.8 cm³/mol.